The summed E-state index contributed by atoms with van der Waals surface area (Å²) >= 11 is 0. The van der Waals surface area contributed by atoms with Crippen molar-refractivity contribution in [3.8, 4) is 11.1 Å². The van der Waals surface area contributed by atoms with Crippen LogP contribution in [-0.2, 0) is 11.6 Å². The number of nitrogens with zero attached hydrogens (tertiary/aromatic N) is 3. The van der Waals surface area contributed by atoms with E-state index in [9.17, 15) is 13.2 Å². The zero-order chi connectivity index (χ0) is 64.7. The summed E-state index contributed by atoms with van der Waals surface area (Å²) in [6.07, 6.45) is 7.23. The molecular formula is C89H68F3N3O2. The number of benzene rings is 13. The molecule has 3 aliphatic carbocycles. The van der Waals surface area contributed by atoms with Gasteiger partial charge in [0, 0.05) is 49.4 Å². The van der Waals surface area contributed by atoms with Crippen LogP contribution < -0.4 is 14.7 Å². The van der Waals surface area contributed by atoms with Gasteiger partial charge in [-0.15, -0.1) is 0 Å². The molecule has 2 saturated carbocycles. The Hall–Kier alpha value is -10.8. The summed E-state index contributed by atoms with van der Waals surface area (Å²) in [7, 11) is 0. The fourth-order valence-corrected chi connectivity index (χ4v) is 17.8. The molecule has 0 bridgehead atoms. The van der Waals surface area contributed by atoms with Gasteiger partial charge in [-0.2, -0.15) is 13.2 Å². The minimum absolute atomic E-state index is 0.365. The molecule has 5 nitrogen and oxygen atoms in total. The minimum Gasteiger partial charge on any atom is -0.454 e. The van der Waals surface area contributed by atoms with Crippen molar-refractivity contribution in [3.63, 3.8) is 0 Å². The van der Waals surface area contributed by atoms with Gasteiger partial charge < -0.3 is 23.5 Å². The molecule has 13 aromatic carbocycles. The maximum absolute atomic E-state index is 14.9. The average molecular weight is 1270 g/mol. The molecule has 19 rings (SSSR count). The van der Waals surface area contributed by atoms with Gasteiger partial charge in [-0.1, -0.05) is 220 Å². The SMILES string of the molecule is Cc1ccc(N(c2cc3c(c4ccccc24)-c2c(cc(N(c4ccc(C(F)(F)F)cc4)c4cccc5c4oc4c(C6CCCCC6)cccc45)c4ccccc24)C32c3ccccc3N(c3ccccc3)c3ccccc32)c2cccc3c2oc2c(C4CCCCC4)cccc23)cc1. The van der Waals surface area contributed by atoms with Gasteiger partial charge in [-0.05, 0) is 185 Å². The zero-order valence-corrected chi connectivity index (χ0v) is 53.8. The fraction of sp³-hybridized carbons (Fsp3) is 0.169. The number of furan rings is 2. The maximum Gasteiger partial charge on any atom is 0.416 e. The van der Waals surface area contributed by atoms with Gasteiger partial charge in [0.1, 0.15) is 11.2 Å². The van der Waals surface area contributed by atoms with E-state index in [0.717, 1.165) is 170 Å². The van der Waals surface area contributed by atoms with Crippen molar-refractivity contribution in [2.45, 2.75) is 94.6 Å². The third-order valence-electron chi connectivity index (χ3n) is 22.1. The predicted molar refractivity (Wildman–Crippen MR) is 392 cm³/mol. The number of halogens is 3. The quantitative estimate of drug-likeness (QED) is 0.144. The number of rotatable bonds is 9. The molecule has 4 aliphatic rings. The second kappa shape index (κ2) is 22.4. The van der Waals surface area contributed by atoms with E-state index in [1.807, 2.05) is 0 Å². The molecular weight excluding hydrogens is 1200 g/mol. The largest absolute Gasteiger partial charge is 0.454 e. The molecule has 1 spiro atoms. The van der Waals surface area contributed by atoms with E-state index >= 15 is 0 Å². The van der Waals surface area contributed by atoms with Gasteiger partial charge in [-0.3, -0.25) is 0 Å². The van der Waals surface area contributed by atoms with E-state index in [-0.39, 0.29) is 0 Å². The molecule has 97 heavy (non-hydrogen) atoms. The van der Waals surface area contributed by atoms with E-state index in [1.165, 1.54) is 61.8 Å². The molecule has 0 saturated heterocycles. The number of hydrogen-bond donors (Lipinski definition) is 0. The number of fused-ring (bicyclic) bond motifs is 19. The first-order valence-corrected chi connectivity index (χ1v) is 34.6. The summed E-state index contributed by atoms with van der Waals surface area (Å²) in [5, 5.41) is 8.28. The third kappa shape index (κ3) is 8.77. The molecule has 0 amide bonds. The smallest absolute Gasteiger partial charge is 0.416 e. The van der Waals surface area contributed by atoms with Crippen molar-refractivity contribution in [1.82, 2.24) is 0 Å². The van der Waals surface area contributed by atoms with Crippen LogP contribution in [0.4, 0.5) is 64.4 Å². The van der Waals surface area contributed by atoms with Crippen LogP contribution in [0.1, 0.15) is 121 Å². The number of aryl methyl sites for hydroxylation is 1. The Balaban J connectivity index is 0.939. The van der Waals surface area contributed by atoms with E-state index in [0.29, 0.717) is 23.1 Å². The summed E-state index contributed by atoms with van der Waals surface area (Å²) in [6.45, 7) is 2.14. The van der Waals surface area contributed by atoms with E-state index in [4.69, 9.17) is 8.83 Å². The Bertz CT molecular complexity index is 5590. The number of anilines is 9. The van der Waals surface area contributed by atoms with Crippen LogP contribution in [0.2, 0.25) is 0 Å². The van der Waals surface area contributed by atoms with Gasteiger partial charge in [-0.25, -0.2) is 0 Å². The van der Waals surface area contributed by atoms with Crippen molar-refractivity contribution >= 4 is 117 Å². The predicted octanol–water partition coefficient (Wildman–Crippen LogP) is 26.3. The second-order valence-corrected chi connectivity index (χ2v) is 27.4. The van der Waals surface area contributed by atoms with Crippen LogP contribution in [0.5, 0.6) is 0 Å². The first-order valence-electron chi connectivity index (χ1n) is 34.6. The molecule has 0 unspecified atom stereocenters. The summed E-state index contributed by atoms with van der Waals surface area (Å²) in [4.78, 5) is 7.04. The highest BCUT2D eigenvalue weighted by molar-refractivity contribution is 6.21. The van der Waals surface area contributed by atoms with Crippen LogP contribution in [0.3, 0.4) is 0 Å². The summed E-state index contributed by atoms with van der Waals surface area (Å²) in [6, 6.07) is 91.9. The van der Waals surface area contributed by atoms with Crippen LogP contribution >= 0.6 is 0 Å². The van der Waals surface area contributed by atoms with Crippen molar-refractivity contribution in [3.05, 3.63) is 305 Å². The molecule has 2 aromatic heterocycles. The molecule has 15 aromatic rings. The molecule has 0 N–H and O–H groups in total. The summed E-state index contributed by atoms with van der Waals surface area (Å²) in [5.74, 6) is 0.799. The Morgan fingerprint density at radius 2 is 0.753 bits per heavy atom. The number of hydrogen-bond acceptors (Lipinski definition) is 5. The third-order valence-corrected chi connectivity index (χ3v) is 22.1. The molecule has 1 aliphatic heterocycles. The Labute approximate surface area is 561 Å². The average Bonchev–Trinajstić information content (AvgIpc) is 1.49. The van der Waals surface area contributed by atoms with Gasteiger partial charge in [0.15, 0.2) is 11.2 Å². The second-order valence-electron chi connectivity index (χ2n) is 27.4. The highest BCUT2D eigenvalue weighted by Gasteiger charge is 2.54. The van der Waals surface area contributed by atoms with Crippen LogP contribution in [0, 0.1) is 6.92 Å². The summed E-state index contributed by atoms with van der Waals surface area (Å²) < 4.78 is 59.6. The normalized spacial score (nSPS) is 15.4. The van der Waals surface area contributed by atoms with E-state index in [2.05, 4.69) is 258 Å². The topological polar surface area (TPSA) is 36.0 Å². The highest BCUT2D eigenvalue weighted by Crippen LogP contribution is 2.68. The van der Waals surface area contributed by atoms with Crippen molar-refractivity contribution < 1.29 is 22.0 Å². The van der Waals surface area contributed by atoms with Crippen molar-refractivity contribution in [2.75, 3.05) is 14.7 Å². The molecule has 2 fully saturated rings. The van der Waals surface area contributed by atoms with E-state index in [1.54, 1.807) is 12.1 Å². The Morgan fingerprint density at radius 3 is 1.22 bits per heavy atom. The molecule has 8 heteroatoms. The van der Waals surface area contributed by atoms with Crippen molar-refractivity contribution in [1.29, 1.82) is 0 Å². The van der Waals surface area contributed by atoms with E-state index < -0.39 is 17.2 Å². The lowest BCUT2D eigenvalue weighted by Gasteiger charge is -2.45. The van der Waals surface area contributed by atoms with Gasteiger partial charge >= 0.3 is 6.18 Å². The highest BCUT2D eigenvalue weighted by atomic mass is 19.4. The van der Waals surface area contributed by atoms with Crippen molar-refractivity contribution in [2.24, 2.45) is 0 Å². The summed E-state index contributed by atoms with van der Waals surface area (Å²) in [5.41, 5.74) is 19.9. The fourth-order valence-electron chi connectivity index (χ4n) is 17.8. The van der Waals surface area contributed by atoms with Gasteiger partial charge in [0.2, 0.25) is 0 Å². The number of alkyl halides is 3. The van der Waals surface area contributed by atoms with Gasteiger partial charge in [0.25, 0.3) is 0 Å². The molecule has 0 radical (unpaired) electrons. The van der Waals surface area contributed by atoms with Crippen LogP contribution in [0.25, 0.3) is 76.5 Å². The molecule has 3 heterocycles. The zero-order valence-electron chi connectivity index (χ0n) is 53.8. The monoisotopic (exact) mass is 1270 g/mol. The lowest BCUT2D eigenvalue weighted by molar-refractivity contribution is -0.137. The van der Waals surface area contributed by atoms with Crippen LogP contribution in [-0.4, -0.2) is 0 Å². The lowest BCUT2D eigenvalue weighted by atomic mass is 9.64. The number of para-hydroxylation sites is 7. The Kier molecular flexibility index (Phi) is 13.3. The van der Waals surface area contributed by atoms with Gasteiger partial charge in [0.05, 0.1) is 45.1 Å². The molecule has 0 atom stereocenters. The first kappa shape index (κ1) is 57.6. The van der Waals surface area contributed by atoms with Crippen LogP contribution in [0.15, 0.2) is 270 Å². The molecule has 472 valence electrons. The first-order chi connectivity index (χ1) is 47.7. The Morgan fingerprint density at radius 1 is 0.361 bits per heavy atom. The standard InChI is InChI=1S/C89H68F3N3O2/c1-55-45-49-60(50-46-55)94(78-43-21-37-70-68-35-19-33-62(84(68)96-86(70)78)56-23-5-2-6-24-56)80-53-74-82(66-31-13-11-29-64(66)80)83-67-32-14-12-30-65(67)81(54-75(83)88(74)72-39-15-17-41-76(72)93(59-27-9-4-10-28-59)77-42-18-16-40-73(77)88)95(61-51-47-58(48-52-61)89(90,91)92)79-44-22-38-71-69-36-20-34-63(85(69)97-87(71)79)57-25-7-3-8-26-57/h4,9-22,27-54,56-57H,2-3,5-8,23-26H2,1H3. The lowest BCUT2D eigenvalue weighted by Crippen LogP contribution is -2.36. The minimum atomic E-state index is -4.56. The maximum atomic E-state index is 14.9.